The number of hydrogen-bond acceptors (Lipinski definition) is 3. The van der Waals surface area contributed by atoms with Crippen LogP contribution in [0, 0.1) is 5.92 Å². The van der Waals surface area contributed by atoms with Crippen LogP contribution in [0.25, 0.3) is 0 Å². The molecule has 3 heteroatoms. The lowest BCUT2D eigenvalue weighted by atomic mass is 9.89. The molecule has 0 amide bonds. The zero-order valence-corrected chi connectivity index (χ0v) is 11.0. The van der Waals surface area contributed by atoms with Gasteiger partial charge >= 0.3 is 0 Å². The molecule has 3 fully saturated rings. The van der Waals surface area contributed by atoms with E-state index in [0.717, 1.165) is 38.0 Å². The average molecular weight is 239 g/mol. The maximum atomic E-state index is 5.78. The highest BCUT2D eigenvalue weighted by Crippen LogP contribution is 2.38. The Morgan fingerprint density at radius 3 is 2.29 bits per heavy atom. The van der Waals surface area contributed by atoms with E-state index in [0.29, 0.717) is 0 Å². The van der Waals surface area contributed by atoms with Gasteiger partial charge in [0.1, 0.15) is 0 Å². The first-order valence-electron chi connectivity index (χ1n) is 7.26. The van der Waals surface area contributed by atoms with E-state index in [1.165, 1.54) is 38.6 Å². The fourth-order valence-electron chi connectivity index (χ4n) is 3.24. The normalized spacial score (nSPS) is 29.3. The Hall–Kier alpha value is -0.120. The van der Waals surface area contributed by atoms with E-state index in [1.807, 2.05) is 0 Å². The zero-order valence-electron chi connectivity index (χ0n) is 11.0. The highest BCUT2D eigenvalue weighted by Gasteiger charge is 2.41. The van der Waals surface area contributed by atoms with E-state index in [-0.39, 0.29) is 5.79 Å². The zero-order chi connectivity index (χ0) is 11.7. The summed E-state index contributed by atoms with van der Waals surface area (Å²) in [6.45, 7) is 2.87. The van der Waals surface area contributed by atoms with E-state index in [2.05, 4.69) is 11.9 Å². The average Bonchev–Trinajstić information content (AvgIpc) is 3.09. The second-order valence-corrected chi connectivity index (χ2v) is 6.05. The molecule has 3 nitrogen and oxygen atoms in total. The molecule has 0 aromatic carbocycles. The van der Waals surface area contributed by atoms with Gasteiger partial charge in [0.15, 0.2) is 5.79 Å². The first-order valence-corrected chi connectivity index (χ1v) is 7.26. The summed E-state index contributed by atoms with van der Waals surface area (Å²) in [6, 6.07) is 0.757. The van der Waals surface area contributed by atoms with Crippen LogP contribution in [0.15, 0.2) is 0 Å². The predicted molar refractivity (Wildman–Crippen MR) is 66.9 cm³/mol. The third-order valence-electron chi connectivity index (χ3n) is 4.74. The smallest absolute Gasteiger partial charge is 0.168 e. The molecule has 3 rings (SSSR count). The molecule has 2 saturated carbocycles. The Labute approximate surface area is 104 Å². The van der Waals surface area contributed by atoms with E-state index in [1.54, 1.807) is 0 Å². The number of ether oxygens (including phenoxy) is 2. The molecule has 17 heavy (non-hydrogen) atoms. The first kappa shape index (κ1) is 11.9. The van der Waals surface area contributed by atoms with Crippen LogP contribution in [0.4, 0.5) is 0 Å². The number of hydrogen-bond donors (Lipinski definition) is 0. The molecule has 1 heterocycles. The Morgan fingerprint density at radius 2 is 1.71 bits per heavy atom. The van der Waals surface area contributed by atoms with Gasteiger partial charge in [-0.05, 0) is 38.8 Å². The van der Waals surface area contributed by atoms with E-state index in [4.69, 9.17) is 9.47 Å². The molecule has 0 bridgehead atoms. The summed E-state index contributed by atoms with van der Waals surface area (Å²) in [4.78, 5) is 2.57. The van der Waals surface area contributed by atoms with Crippen molar-refractivity contribution in [3.05, 3.63) is 0 Å². The van der Waals surface area contributed by atoms with Crippen LogP contribution >= 0.6 is 0 Å². The summed E-state index contributed by atoms with van der Waals surface area (Å²) in [5.74, 6) is 0.863. The Balaban J connectivity index is 1.43. The van der Waals surface area contributed by atoms with Crippen molar-refractivity contribution in [3.8, 4) is 0 Å². The minimum atomic E-state index is -0.187. The molecular weight excluding hydrogens is 214 g/mol. The Morgan fingerprint density at radius 1 is 1.06 bits per heavy atom. The maximum absolute atomic E-state index is 5.78. The van der Waals surface area contributed by atoms with Gasteiger partial charge in [-0.25, -0.2) is 0 Å². The Bertz CT molecular complexity index is 249. The van der Waals surface area contributed by atoms with Crippen molar-refractivity contribution >= 4 is 0 Å². The summed E-state index contributed by atoms with van der Waals surface area (Å²) in [7, 11) is 2.29. The van der Waals surface area contributed by atoms with Crippen molar-refractivity contribution in [1.82, 2.24) is 4.90 Å². The minimum absolute atomic E-state index is 0.187. The van der Waals surface area contributed by atoms with Gasteiger partial charge in [0.2, 0.25) is 0 Å². The van der Waals surface area contributed by atoms with Crippen LogP contribution in [0.5, 0.6) is 0 Å². The van der Waals surface area contributed by atoms with Crippen LogP contribution < -0.4 is 0 Å². The highest BCUT2D eigenvalue weighted by molar-refractivity contribution is 4.86. The van der Waals surface area contributed by atoms with Crippen molar-refractivity contribution in [2.75, 3.05) is 26.8 Å². The molecule has 0 N–H and O–H groups in total. The topological polar surface area (TPSA) is 21.7 Å². The van der Waals surface area contributed by atoms with Crippen molar-refractivity contribution in [3.63, 3.8) is 0 Å². The lowest BCUT2D eigenvalue weighted by Crippen LogP contribution is -2.43. The minimum Gasteiger partial charge on any atom is -0.348 e. The molecule has 3 aliphatic rings. The quantitative estimate of drug-likeness (QED) is 0.752. The van der Waals surface area contributed by atoms with Gasteiger partial charge in [-0.2, -0.15) is 0 Å². The lowest BCUT2D eigenvalue weighted by Gasteiger charge is -2.39. The standard InChI is InChI=1S/C14H25NO2/c1-15(9-6-12-2-3-12)13-4-7-14(8-5-13)16-10-11-17-14/h12-13H,2-11H2,1H3. The van der Waals surface area contributed by atoms with Gasteiger partial charge in [0, 0.05) is 18.9 Å². The van der Waals surface area contributed by atoms with Gasteiger partial charge < -0.3 is 14.4 Å². The largest absolute Gasteiger partial charge is 0.348 e. The lowest BCUT2D eigenvalue weighted by molar-refractivity contribution is -0.183. The molecule has 0 aromatic rings. The SMILES string of the molecule is CN(CCC1CC1)C1CCC2(CC1)OCCO2. The van der Waals surface area contributed by atoms with Crippen LogP contribution in [-0.4, -0.2) is 43.5 Å². The number of nitrogens with zero attached hydrogens (tertiary/aromatic N) is 1. The van der Waals surface area contributed by atoms with Crippen molar-refractivity contribution < 1.29 is 9.47 Å². The summed E-state index contributed by atoms with van der Waals surface area (Å²) in [5.41, 5.74) is 0. The van der Waals surface area contributed by atoms with Gasteiger partial charge in [-0.3, -0.25) is 0 Å². The summed E-state index contributed by atoms with van der Waals surface area (Å²) >= 11 is 0. The van der Waals surface area contributed by atoms with Crippen molar-refractivity contribution in [2.45, 2.75) is 56.8 Å². The van der Waals surface area contributed by atoms with Crippen molar-refractivity contribution in [2.24, 2.45) is 5.92 Å². The monoisotopic (exact) mass is 239 g/mol. The summed E-state index contributed by atoms with van der Waals surface area (Å²) in [5, 5.41) is 0. The molecular formula is C14H25NO2. The van der Waals surface area contributed by atoms with Gasteiger partial charge in [0.25, 0.3) is 0 Å². The van der Waals surface area contributed by atoms with Crippen LogP contribution in [0.3, 0.4) is 0 Å². The number of rotatable bonds is 4. The summed E-state index contributed by atoms with van der Waals surface area (Å²) < 4.78 is 11.6. The van der Waals surface area contributed by atoms with Gasteiger partial charge in [-0.15, -0.1) is 0 Å². The predicted octanol–water partition coefficient (Wildman–Crippen LogP) is 2.40. The van der Waals surface area contributed by atoms with E-state index >= 15 is 0 Å². The van der Waals surface area contributed by atoms with Gasteiger partial charge in [-0.1, -0.05) is 12.8 Å². The molecule has 1 saturated heterocycles. The van der Waals surface area contributed by atoms with Crippen LogP contribution in [-0.2, 0) is 9.47 Å². The highest BCUT2D eigenvalue weighted by atomic mass is 16.7. The van der Waals surface area contributed by atoms with Crippen LogP contribution in [0.1, 0.15) is 44.9 Å². The van der Waals surface area contributed by atoms with Crippen LogP contribution in [0.2, 0.25) is 0 Å². The molecule has 1 aliphatic heterocycles. The summed E-state index contributed by atoms with van der Waals surface area (Å²) in [6.07, 6.45) is 9.01. The molecule has 0 aromatic heterocycles. The Kier molecular flexibility index (Phi) is 3.42. The molecule has 1 spiro atoms. The van der Waals surface area contributed by atoms with E-state index < -0.39 is 0 Å². The second-order valence-electron chi connectivity index (χ2n) is 6.05. The molecule has 0 atom stereocenters. The first-order chi connectivity index (χ1) is 8.27. The van der Waals surface area contributed by atoms with Crippen molar-refractivity contribution in [1.29, 1.82) is 0 Å². The molecule has 2 aliphatic carbocycles. The molecule has 98 valence electrons. The third-order valence-corrected chi connectivity index (χ3v) is 4.74. The fraction of sp³-hybridized carbons (Fsp3) is 1.00. The second kappa shape index (κ2) is 4.87. The molecule has 0 radical (unpaired) electrons. The molecule has 0 unspecified atom stereocenters. The third kappa shape index (κ3) is 2.83. The fourth-order valence-corrected chi connectivity index (χ4v) is 3.24. The maximum Gasteiger partial charge on any atom is 0.168 e. The van der Waals surface area contributed by atoms with Gasteiger partial charge in [0.05, 0.1) is 13.2 Å². The van der Waals surface area contributed by atoms with E-state index in [9.17, 15) is 0 Å².